The topological polar surface area (TPSA) is 0 Å². The average molecular weight is 306 g/mol. The second kappa shape index (κ2) is 4.66. The third-order valence-electron chi connectivity index (χ3n) is 3.48. The Balaban J connectivity index is 2.18. The highest BCUT2D eigenvalue weighted by atomic mass is 79.9. The van der Waals surface area contributed by atoms with Crippen molar-refractivity contribution in [1.82, 2.24) is 0 Å². The van der Waals surface area contributed by atoms with E-state index < -0.39 is 0 Å². The van der Waals surface area contributed by atoms with E-state index in [9.17, 15) is 4.39 Å². The van der Waals surface area contributed by atoms with E-state index in [0.717, 1.165) is 23.2 Å². The molecule has 0 aromatic heterocycles. The lowest BCUT2D eigenvalue weighted by Crippen LogP contribution is -2.24. The molecule has 1 aromatic carbocycles. The van der Waals surface area contributed by atoms with Crippen molar-refractivity contribution in [1.29, 1.82) is 0 Å². The Hall–Kier alpha value is -0.0800. The van der Waals surface area contributed by atoms with Gasteiger partial charge in [0.15, 0.2) is 0 Å². The van der Waals surface area contributed by atoms with Crippen LogP contribution < -0.4 is 0 Å². The van der Waals surface area contributed by atoms with Crippen LogP contribution in [0, 0.1) is 17.2 Å². The molecule has 2 rings (SSSR count). The molecule has 3 heteroatoms. The van der Waals surface area contributed by atoms with Gasteiger partial charge >= 0.3 is 0 Å². The third-order valence-corrected chi connectivity index (χ3v) is 5.11. The van der Waals surface area contributed by atoms with Crippen LogP contribution in [0.5, 0.6) is 0 Å². The van der Waals surface area contributed by atoms with Crippen molar-refractivity contribution in [3.8, 4) is 0 Å². The molecule has 0 spiro atoms. The molecule has 0 heterocycles. The average Bonchev–Trinajstić information content (AvgIpc) is 3.06. The summed E-state index contributed by atoms with van der Waals surface area (Å²) in [5, 5.41) is 1.52. The Morgan fingerprint density at radius 2 is 2.19 bits per heavy atom. The van der Waals surface area contributed by atoms with Crippen LogP contribution in [0.1, 0.15) is 25.3 Å². The molecule has 0 amide bonds. The minimum absolute atomic E-state index is 0.251. The summed E-state index contributed by atoms with van der Waals surface area (Å²) in [5.41, 5.74) is 1.30. The maximum absolute atomic E-state index is 12.9. The van der Waals surface area contributed by atoms with Gasteiger partial charge in [-0.1, -0.05) is 40.5 Å². The minimum Gasteiger partial charge on any atom is -0.207 e. The van der Waals surface area contributed by atoms with Gasteiger partial charge in [-0.3, -0.25) is 0 Å². The second-order valence-electron chi connectivity index (χ2n) is 4.97. The Bertz CT molecular complexity index is 390. The molecule has 1 aromatic rings. The maximum Gasteiger partial charge on any atom is 0.124 e. The monoisotopic (exact) mass is 304 g/mol. The van der Waals surface area contributed by atoms with Crippen molar-refractivity contribution >= 4 is 27.5 Å². The van der Waals surface area contributed by atoms with Gasteiger partial charge < -0.3 is 0 Å². The van der Waals surface area contributed by atoms with Gasteiger partial charge in [0.1, 0.15) is 5.82 Å². The first-order valence-corrected chi connectivity index (χ1v) is 7.05. The van der Waals surface area contributed by atoms with Crippen LogP contribution in [0.4, 0.5) is 4.39 Å². The molecule has 0 radical (unpaired) electrons. The highest BCUT2D eigenvalue weighted by Gasteiger charge is 2.40. The lowest BCUT2D eigenvalue weighted by Gasteiger charge is -2.27. The van der Waals surface area contributed by atoms with E-state index >= 15 is 0 Å². The smallest absolute Gasteiger partial charge is 0.124 e. The van der Waals surface area contributed by atoms with E-state index in [1.807, 2.05) is 0 Å². The lowest BCUT2D eigenvalue weighted by atomic mass is 9.81. The zero-order chi connectivity index (χ0) is 11.8. The number of hydrogen-bond acceptors (Lipinski definition) is 0. The normalized spacial score (nSPS) is 19.5. The van der Waals surface area contributed by atoms with Crippen LogP contribution in [-0.2, 0) is 6.42 Å². The van der Waals surface area contributed by atoms with Gasteiger partial charge in [-0.25, -0.2) is 4.39 Å². The molecule has 0 bridgehead atoms. The molecule has 1 aliphatic rings. The molecule has 0 saturated heterocycles. The summed E-state index contributed by atoms with van der Waals surface area (Å²) < 4.78 is 12.9. The Labute approximate surface area is 109 Å². The van der Waals surface area contributed by atoms with E-state index in [2.05, 4.69) is 22.9 Å². The summed E-state index contributed by atoms with van der Waals surface area (Å²) in [6.07, 6.45) is 3.53. The van der Waals surface area contributed by atoms with E-state index in [1.54, 1.807) is 6.07 Å². The van der Waals surface area contributed by atoms with Gasteiger partial charge in [-0.15, -0.1) is 0 Å². The van der Waals surface area contributed by atoms with Gasteiger partial charge in [-0.2, -0.15) is 0 Å². The summed E-state index contributed by atoms with van der Waals surface area (Å²) in [6.45, 7) is 2.28. The molecule has 1 saturated carbocycles. The quantitative estimate of drug-likeness (QED) is 0.699. The summed E-state index contributed by atoms with van der Waals surface area (Å²) in [5.74, 6) is 0.522. The fourth-order valence-corrected chi connectivity index (χ4v) is 3.07. The zero-order valence-electron chi connectivity index (χ0n) is 9.27. The predicted octanol–water partition coefficient (Wildman–Crippen LogP) is 4.83. The summed E-state index contributed by atoms with van der Waals surface area (Å²) in [4.78, 5) is 0. The van der Waals surface area contributed by atoms with Crippen molar-refractivity contribution in [2.45, 2.75) is 26.2 Å². The van der Waals surface area contributed by atoms with Crippen molar-refractivity contribution in [3.63, 3.8) is 0 Å². The predicted molar refractivity (Wildman–Crippen MR) is 69.7 cm³/mol. The Morgan fingerprint density at radius 3 is 2.69 bits per heavy atom. The van der Waals surface area contributed by atoms with E-state index in [1.165, 1.54) is 25.0 Å². The zero-order valence-corrected chi connectivity index (χ0v) is 11.6. The van der Waals surface area contributed by atoms with E-state index in [4.69, 9.17) is 11.6 Å². The van der Waals surface area contributed by atoms with Gasteiger partial charge in [0.25, 0.3) is 0 Å². The van der Waals surface area contributed by atoms with Gasteiger partial charge in [0.05, 0.1) is 0 Å². The molecule has 1 unspecified atom stereocenters. The van der Waals surface area contributed by atoms with Crippen LogP contribution >= 0.6 is 27.5 Å². The van der Waals surface area contributed by atoms with Gasteiger partial charge in [-0.05, 0) is 48.3 Å². The van der Waals surface area contributed by atoms with Gasteiger partial charge in [0.2, 0.25) is 0 Å². The van der Waals surface area contributed by atoms with E-state index in [-0.39, 0.29) is 11.2 Å². The fraction of sp³-hybridized carbons (Fsp3) is 0.538. The van der Waals surface area contributed by atoms with Gasteiger partial charge in [0, 0.05) is 10.4 Å². The summed E-state index contributed by atoms with van der Waals surface area (Å²) in [7, 11) is 0. The number of hydrogen-bond donors (Lipinski definition) is 0. The number of alkyl halides is 1. The molecule has 0 nitrogen and oxygen atoms in total. The number of halogens is 3. The highest BCUT2D eigenvalue weighted by Crippen LogP contribution is 2.48. The molecule has 0 N–H and O–H groups in total. The molecular formula is C13H15BrClF. The summed E-state index contributed by atoms with van der Waals surface area (Å²) >= 11 is 9.65. The second-order valence-corrected chi connectivity index (χ2v) is 5.94. The number of benzene rings is 1. The van der Waals surface area contributed by atoms with Crippen LogP contribution in [0.2, 0.25) is 5.02 Å². The molecule has 0 aliphatic heterocycles. The van der Waals surface area contributed by atoms with Crippen LogP contribution in [-0.4, -0.2) is 5.33 Å². The molecular weight excluding hydrogens is 290 g/mol. The maximum atomic E-state index is 12.9. The third kappa shape index (κ3) is 2.60. The largest absolute Gasteiger partial charge is 0.207 e. The van der Waals surface area contributed by atoms with Crippen LogP contribution in [0.3, 0.4) is 0 Å². The van der Waals surface area contributed by atoms with Crippen LogP contribution in [0.25, 0.3) is 0 Å². The Morgan fingerprint density at radius 1 is 1.50 bits per heavy atom. The Kier molecular flexibility index (Phi) is 3.60. The molecule has 1 aliphatic carbocycles. The molecule has 16 heavy (non-hydrogen) atoms. The summed E-state index contributed by atoms with van der Waals surface area (Å²) in [6, 6.07) is 4.70. The van der Waals surface area contributed by atoms with Crippen molar-refractivity contribution in [2.75, 3.05) is 5.33 Å². The van der Waals surface area contributed by atoms with Crippen LogP contribution in [0.15, 0.2) is 18.2 Å². The van der Waals surface area contributed by atoms with Crippen molar-refractivity contribution < 1.29 is 4.39 Å². The fourth-order valence-electron chi connectivity index (χ4n) is 2.18. The molecule has 88 valence electrons. The first-order chi connectivity index (χ1) is 7.55. The highest BCUT2D eigenvalue weighted by molar-refractivity contribution is 9.09. The molecule has 1 atom stereocenters. The minimum atomic E-state index is -0.263. The van der Waals surface area contributed by atoms with Crippen molar-refractivity contribution in [2.24, 2.45) is 11.3 Å². The standard InChI is InChI=1S/C13H15BrClF/c1-13(8-14,10-3-4-10)7-9-2-5-11(16)6-12(9)15/h2,5-6,10H,3-4,7-8H2,1H3. The number of rotatable bonds is 4. The SMILES string of the molecule is CC(CBr)(Cc1ccc(F)cc1Cl)C1CC1. The molecule has 1 fully saturated rings. The lowest BCUT2D eigenvalue weighted by molar-refractivity contribution is 0.319. The first-order valence-electron chi connectivity index (χ1n) is 5.55. The first kappa shape index (κ1) is 12.4. The van der Waals surface area contributed by atoms with Crippen molar-refractivity contribution in [3.05, 3.63) is 34.6 Å². The van der Waals surface area contributed by atoms with E-state index in [0.29, 0.717) is 5.02 Å².